The summed E-state index contributed by atoms with van der Waals surface area (Å²) in [6.07, 6.45) is 0. The van der Waals surface area contributed by atoms with Crippen LogP contribution in [0.25, 0.3) is 0 Å². The molecule has 0 N–H and O–H groups in total. The smallest absolute Gasteiger partial charge is 0.228 e. The largest absolute Gasteiger partial charge is 0.446 e. The monoisotopic (exact) mass is 292 g/mol. The number of ketones is 1. The standard InChI is InChI=1S/C14H13BrO2/c1-8-6-10(3)11(7-9(8)2)14(16)12-4-5-13(15)17-12/h4-7H,1-3H3. The molecule has 0 saturated carbocycles. The fourth-order valence-corrected chi connectivity index (χ4v) is 2.08. The predicted octanol–water partition coefficient (Wildman–Crippen LogP) is 4.20. The Hall–Kier alpha value is -1.35. The Bertz CT molecular complexity index is 582. The van der Waals surface area contributed by atoms with Gasteiger partial charge in [0.2, 0.25) is 5.78 Å². The predicted molar refractivity (Wildman–Crippen MR) is 70.5 cm³/mol. The van der Waals surface area contributed by atoms with Gasteiger partial charge in [-0.25, -0.2) is 0 Å². The van der Waals surface area contributed by atoms with E-state index >= 15 is 0 Å². The van der Waals surface area contributed by atoms with Crippen molar-refractivity contribution < 1.29 is 9.21 Å². The fraction of sp³-hybridized carbons (Fsp3) is 0.214. The molecule has 1 heterocycles. The van der Waals surface area contributed by atoms with Crippen LogP contribution in [-0.2, 0) is 0 Å². The number of carbonyl (C=O) groups is 1. The van der Waals surface area contributed by atoms with Gasteiger partial charge in [0, 0.05) is 5.56 Å². The summed E-state index contributed by atoms with van der Waals surface area (Å²) in [6, 6.07) is 7.36. The molecular weight excluding hydrogens is 280 g/mol. The Morgan fingerprint density at radius 2 is 1.71 bits per heavy atom. The van der Waals surface area contributed by atoms with Crippen molar-refractivity contribution in [1.82, 2.24) is 0 Å². The molecule has 0 radical (unpaired) electrons. The van der Waals surface area contributed by atoms with Crippen molar-refractivity contribution in [1.29, 1.82) is 0 Å². The van der Waals surface area contributed by atoms with Crippen LogP contribution in [0.5, 0.6) is 0 Å². The van der Waals surface area contributed by atoms with E-state index < -0.39 is 0 Å². The molecule has 0 aliphatic heterocycles. The van der Waals surface area contributed by atoms with Crippen LogP contribution in [0, 0.1) is 20.8 Å². The van der Waals surface area contributed by atoms with E-state index in [1.54, 1.807) is 12.1 Å². The van der Waals surface area contributed by atoms with Crippen LogP contribution < -0.4 is 0 Å². The number of rotatable bonds is 2. The van der Waals surface area contributed by atoms with E-state index in [-0.39, 0.29) is 5.78 Å². The molecule has 2 nitrogen and oxygen atoms in total. The minimum absolute atomic E-state index is 0.0729. The second-order valence-electron chi connectivity index (χ2n) is 4.18. The van der Waals surface area contributed by atoms with E-state index in [1.807, 2.05) is 32.9 Å². The van der Waals surface area contributed by atoms with Crippen LogP contribution in [0.3, 0.4) is 0 Å². The molecule has 0 aliphatic carbocycles. The maximum absolute atomic E-state index is 12.2. The van der Waals surface area contributed by atoms with Gasteiger partial charge in [0.1, 0.15) is 0 Å². The Labute approximate surface area is 109 Å². The van der Waals surface area contributed by atoms with E-state index in [0.29, 0.717) is 16.0 Å². The molecule has 0 amide bonds. The zero-order valence-corrected chi connectivity index (χ0v) is 11.6. The second-order valence-corrected chi connectivity index (χ2v) is 4.97. The maximum atomic E-state index is 12.2. The first-order valence-electron chi connectivity index (χ1n) is 5.37. The number of hydrogen-bond acceptors (Lipinski definition) is 2. The van der Waals surface area contributed by atoms with Gasteiger partial charge in [-0.05, 0) is 71.6 Å². The molecule has 1 aromatic heterocycles. The average molecular weight is 293 g/mol. The van der Waals surface area contributed by atoms with Crippen LogP contribution in [0.1, 0.15) is 32.8 Å². The minimum Gasteiger partial charge on any atom is -0.446 e. The first-order valence-corrected chi connectivity index (χ1v) is 6.16. The van der Waals surface area contributed by atoms with Crippen LogP contribution in [0.2, 0.25) is 0 Å². The van der Waals surface area contributed by atoms with Gasteiger partial charge in [-0.15, -0.1) is 0 Å². The van der Waals surface area contributed by atoms with Crippen molar-refractivity contribution in [2.75, 3.05) is 0 Å². The number of aryl methyl sites for hydroxylation is 3. The molecule has 17 heavy (non-hydrogen) atoms. The SMILES string of the molecule is Cc1cc(C)c(C(=O)c2ccc(Br)o2)cc1C. The Kier molecular flexibility index (Phi) is 3.20. The summed E-state index contributed by atoms with van der Waals surface area (Å²) in [7, 11) is 0. The van der Waals surface area contributed by atoms with E-state index in [4.69, 9.17) is 4.42 Å². The van der Waals surface area contributed by atoms with Crippen LogP contribution in [0.4, 0.5) is 0 Å². The van der Waals surface area contributed by atoms with Crippen LogP contribution in [0.15, 0.2) is 33.4 Å². The number of carbonyl (C=O) groups excluding carboxylic acids is 1. The zero-order chi connectivity index (χ0) is 12.6. The summed E-state index contributed by atoms with van der Waals surface area (Å²) in [4.78, 5) is 12.2. The summed E-state index contributed by atoms with van der Waals surface area (Å²) >= 11 is 3.20. The van der Waals surface area contributed by atoms with Gasteiger partial charge in [-0.3, -0.25) is 4.79 Å². The molecule has 88 valence electrons. The lowest BCUT2D eigenvalue weighted by Crippen LogP contribution is -2.03. The van der Waals surface area contributed by atoms with Crippen molar-refractivity contribution in [3.05, 3.63) is 56.9 Å². The van der Waals surface area contributed by atoms with Gasteiger partial charge >= 0.3 is 0 Å². The maximum Gasteiger partial charge on any atom is 0.228 e. The van der Waals surface area contributed by atoms with Gasteiger partial charge in [-0.1, -0.05) is 6.07 Å². The lowest BCUT2D eigenvalue weighted by Gasteiger charge is -2.07. The molecule has 0 bridgehead atoms. The highest BCUT2D eigenvalue weighted by Crippen LogP contribution is 2.21. The lowest BCUT2D eigenvalue weighted by molar-refractivity contribution is 0.101. The van der Waals surface area contributed by atoms with Crippen molar-refractivity contribution in [2.45, 2.75) is 20.8 Å². The first-order chi connectivity index (χ1) is 7.99. The highest BCUT2D eigenvalue weighted by molar-refractivity contribution is 9.10. The number of benzene rings is 1. The average Bonchev–Trinajstić information content (AvgIpc) is 2.69. The third-order valence-electron chi connectivity index (χ3n) is 2.88. The Morgan fingerprint density at radius 1 is 1.06 bits per heavy atom. The topological polar surface area (TPSA) is 30.2 Å². The van der Waals surface area contributed by atoms with Crippen LogP contribution in [-0.4, -0.2) is 5.78 Å². The Balaban J connectivity index is 2.47. The van der Waals surface area contributed by atoms with E-state index in [2.05, 4.69) is 15.9 Å². The van der Waals surface area contributed by atoms with Gasteiger partial charge in [0.05, 0.1) is 0 Å². The summed E-state index contributed by atoms with van der Waals surface area (Å²) < 4.78 is 5.86. The third kappa shape index (κ3) is 2.34. The number of furan rings is 1. The molecule has 0 spiro atoms. The van der Waals surface area contributed by atoms with Crippen LogP contribution >= 0.6 is 15.9 Å². The van der Waals surface area contributed by atoms with Gasteiger partial charge in [0.25, 0.3) is 0 Å². The molecule has 0 fully saturated rings. The molecule has 0 atom stereocenters. The first kappa shape index (κ1) is 12.1. The van der Waals surface area contributed by atoms with E-state index in [9.17, 15) is 4.79 Å². The lowest BCUT2D eigenvalue weighted by atomic mass is 9.97. The normalized spacial score (nSPS) is 10.6. The second kappa shape index (κ2) is 4.49. The molecule has 3 heteroatoms. The van der Waals surface area contributed by atoms with Gasteiger partial charge in [-0.2, -0.15) is 0 Å². The van der Waals surface area contributed by atoms with Gasteiger partial charge < -0.3 is 4.42 Å². The quantitative estimate of drug-likeness (QED) is 0.777. The summed E-state index contributed by atoms with van der Waals surface area (Å²) in [6.45, 7) is 5.99. The van der Waals surface area contributed by atoms with Crippen molar-refractivity contribution in [3.63, 3.8) is 0 Å². The highest BCUT2D eigenvalue weighted by Gasteiger charge is 2.16. The molecule has 0 saturated heterocycles. The summed E-state index contributed by atoms with van der Waals surface area (Å²) in [5.41, 5.74) is 3.99. The third-order valence-corrected chi connectivity index (χ3v) is 3.31. The molecule has 1 aromatic carbocycles. The number of hydrogen-bond donors (Lipinski definition) is 0. The highest BCUT2D eigenvalue weighted by atomic mass is 79.9. The minimum atomic E-state index is -0.0729. The molecular formula is C14H13BrO2. The van der Waals surface area contributed by atoms with Crippen molar-refractivity contribution in [3.8, 4) is 0 Å². The summed E-state index contributed by atoms with van der Waals surface area (Å²) in [5, 5.41) is 0. The fourth-order valence-electron chi connectivity index (χ4n) is 1.77. The van der Waals surface area contributed by atoms with E-state index in [0.717, 1.165) is 11.1 Å². The molecule has 0 unspecified atom stereocenters. The molecule has 2 aromatic rings. The van der Waals surface area contributed by atoms with E-state index in [1.165, 1.54) is 5.56 Å². The number of halogens is 1. The molecule has 2 rings (SSSR count). The summed E-state index contributed by atoms with van der Waals surface area (Å²) in [5.74, 6) is 0.291. The van der Waals surface area contributed by atoms with Crippen molar-refractivity contribution in [2.24, 2.45) is 0 Å². The molecule has 0 aliphatic rings. The van der Waals surface area contributed by atoms with Gasteiger partial charge in [0.15, 0.2) is 10.4 Å². The Morgan fingerprint density at radius 3 is 2.29 bits per heavy atom. The zero-order valence-electron chi connectivity index (χ0n) is 10.0. The van der Waals surface area contributed by atoms with Crippen molar-refractivity contribution >= 4 is 21.7 Å².